The standard InChI is InChI=1S/C31H42N4O5/c1-7-20(4)26(35(5)6)31(39)34-25-28(19(2)3)40-23-15-13-21(14-16-23)17-18-32-29(37)24(33-30(25)38)27(36)22-11-9-8-10-12-22/h8-16,19-20,24-26,28H,7,17-18H2,1-6H3,(H,32,37)(H,33,38)(H,34,39). The van der Waals surface area contributed by atoms with E-state index in [1.165, 1.54) is 0 Å². The van der Waals surface area contributed by atoms with E-state index in [-0.39, 0.29) is 24.3 Å². The Balaban J connectivity index is 2.05. The summed E-state index contributed by atoms with van der Waals surface area (Å²) in [5, 5.41) is 8.36. The number of nitrogens with zero attached hydrogens (tertiary/aromatic N) is 1. The molecule has 9 nitrogen and oxygen atoms in total. The number of ether oxygens (including phenoxy) is 1. The highest BCUT2D eigenvalue weighted by Gasteiger charge is 2.40. The minimum absolute atomic E-state index is 0.0146. The molecule has 5 unspecified atom stereocenters. The molecule has 0 saturated carbocycles. The molecule has 216 valence electrons. The van der Waals surface area contributed by atoms with Crippen LogP contribution in [0.3, 0.4) is 0 Å². The first-order valence-corrected chi connectivity index (χ1v) is 13.9. The Kier molecular flexibility index (Phi) is 10.8. The largest absolute Gasteiger partial charge is 0.487 e. The summed E-state index contributed by atoms with van der Waals surface area (Å²) in [6.45, 7) is 8.05. The zero-order valence-electron chi connectivity index (χ0n) is 24.3. The highest BCUT2D eigenvalue weighted by Crippen LogP contribution is 2.21. The van der Waals surface area contributed by atoms with Crippen molar-refractivity contribution in [2.24, 2.45) is 11.8 Å². The maximum Gasteiger partial charge on any atom is 0.250 e. The average molecular weight is 551 g/mol. The third-order valence-electron chi connectivity index (χ3n) is 7.35. The van der Waals surface area contributed by atoms with Crippen molar-refractivity contribution in [3.05, 3.63) is 65.7 Å². The molecule has 2 aromatic carbocycles. The zero-order chi connectivity index (χ0) is 29.4. The molecule has 9 heteroatoms. The number of fused-ring (bicyclic) bond motifs is 11. The van der Waals surface area contributed by atoms with Crippen LogP contribution in [0.5, 0.6) is 5.75 Å². The van der Waals surface area contributed by atoms with Crippen LogP contribution in [-0.2, 0) is 20.8 Å². The number of nitrogens with one attached hydrogen (secondary N) is 3. The molecule has 2 heterocycles. The van der Waals surface area contributed by atoms with Crippen molar-refractivity contribution in [2.45, 2.75) is 64.8 Å². The topological polar surface area (TPSA) is 117 Å². The van der Waals surface area contributed by atoms with E-state index in [9.17, 15) is 19.2 Å². The summed E-state index contributed by atoms with van der Waals surface area (Å²) < 4.78 is 6.32. The van der Waals surface area contributed by atoms with Crippen molar-refractivity contribution in [3.8, 4) is 5.75 Å². The van der Waals surface area contributed by atoms with Crippen LogP contribution in [0.2, 0.25) is 0 Å². The van der Waals surface area contributed by atoms with Crippen molar-refractivity contribution in [1.82, 2.24) is 20.9 Å². The van der Waals surface area contributed by atoms with Crippen LogP contribution in [0, 0.1) is 11.8 Å². The summed E-state index contributed by atoms with van der Waals surface area (Å²) in [5.41, 5.74) is 1.27. The van der Waals surface area contributed by atoms with E-state index < -0.39 is 41.8 Å². The highest BCUT2D eigenvalue weighted by molar-refractivity contribution is 6.15. The monoisotopic (exact) mass is 550 g/mol. The van der Waals surface area contributed by atoms with Gasteiger partial charge >= 0.3 is 0 Å². The molecule has 0 spiro atoms. The first-order valence-electron chi connectivity index (χ1n) is 13.9. The lowest BCUT2D eigenvalue weighted by Crippen LogP contribution is -2.63. The number of hydrogen-bond acceptors (Lipinski definition) is 6. The minimum atomic E-state index is -1.48. The first kappa shape index (κ1) is 30.8. The fourth-order valence-corrected chi connectivity index (χ4v) is 4.92. The second-order valence-electron chi connectivity index (χ2n) is 11.0. The lowest BCUT2D eigenvalue weighted by Gasteiger charge is -2.35. The lowest BCUT2D eigenvalue weighted by molar-refractivity contribution is -0.136. The maximum absolute atomic E-state index is 14.0. The van der Waals surface area contributed by atoms with E-state index in [0.29, 0.717) is 17.7 Å². The number of benzene rings is 2. The molecule has 3 N–H and O–H groups in total. The Morgan fingerprint density at radius 2 is 1.65 bits per heavy atom. The number of carbonyl (C=O) groups excluding carboxylic acids is 4. The number of carbonyl (C=O) groups is 4. The number of hydrogen-bond donors (Lipinski definition) is 3. The van der Waals surface area contributed by atoms with Crippen LogP contribution in [-0.4, -0.2) is 73.3 Å². The smallest absolute Gasteiger partial charge is 0.250 e. The molecule has 0 aromatic heterocycles. The Morgan fingerprint density at radius 3 is 2.23 bits per heavy atom. The normalized spacial score (nSPS) is 21.6. The fraction of sp³-hybridized carbons (Fsp3) is 0.484. The summed E-state index contributed by atoms with van der Waals surface area (Å²) in [6.07, 6.45) is 0.519. The first-order chi connectivity index (χ1) is 19.0. The van der Waals surface area contributed by atoms with Gasteiger partial charge in [0.25, 0.3) is 5.91 Å². The Labute approximate surface area is 237 Å². The van der Waals surface area contributed by atoms with Gasteiger partial charge in [0.2, 0.25) is 11.8 Å². The quantitative estimate of drug-likeness (QED) is 0.344. The SMILES string of the molecule is CCC(C)C(C(=O)NC1C(=O)NC(C(=O)c2ccccc2)C(=O)NCCc2ccc(cc2)OC1C(C)C)N(C)C. The van der Waals surface area contributed by atoms with E-state index >= 15 is 0 Å². The van der Waals surface area contributed by atoms with E-state index in [1.807, 2.05) is 71.0 Å². The summed E-state index contributed by atoms with van der Waals surface area (Å²) in [6, 6.07) is 12.6. The van der Waals surface area contributed by atoms with Crippen LogP contribution in [0.25, 0.3) is 0 Å². The van der Waals surface area contributed by atoms with Crippen LogP contribution in [0.15, 0.2) is 54.6 Å². The predicted octanol–water partition coefficient (Wildman–Crippen LogP) is 2.59. The van der Waals surface area contributed by atoms with E-state index in [1.54, 1.807) is 30.3 Å². The second kappa shape index (κ2) is 14.1. The predicted molar refractivity (Wildman–Crippen MR) is 154 cm³/mol. The molecule has 5 atom stereocenters. The molecule has 2 aromatic rings. The van der Waals surface area contributed by atoms with Gasteiger partial charge in [0.05, 0.1) is 6.04 Å². The minimum Gasteiger partial charge on any atom is -0.487 e. The molecular weight excluding hydrogens is 508 g/mol. The van der Waals surface area contributed by atoms with Crippen molar-refractivity contribution >= 4 is 23.5 Å². The van der Waals surface area contributed by atoms with E-state index in [2.05, 4.69) is 16.0 Å². The van der Waals surface area contributed by atoms with Crippen molar-refractivity contribution < 1.29 is 23.9 Å². The van der Waals surface area contributed by atoms with Crippen LogP contribution in [0.4, 0.5) is 0 Å². The van der Waals surface area contributed by atoms with E-state index in [4.69, 9.17) is 4.74 Å². The van der Waals surface area contributed by atoms with Gasteiger partial charge in [-0.15, -0.1) is 0 Å². The molecule has 0 radical (unpaired) electrons. The molecule has 2 aliphatic rings. The Morgan fingerprint density at radius 1 is 1.00 bits per heavy atom. The third-order valence-corrected chi connectivity index (χ3v) is 7.35. The summed E-state index contributed by atoms with van der Waals surface area (Å²) in [4.78, 5) is 56.2. The molecule has 0 fully saturated rings. The molecule has 40 heavy (non-hydrogen) atoms. The number of amides is 3. The summed E-state index contributed by atoms with van der Waals surface area (Å²) in [7, 11) is 3.64. The van der Waals surface area contributed by atoms with Gasteiger partial charge in [0.1, 0.15) is 17.9 Å². The molecule has 0 saturated heterocycles. The average Bonchev–Trinajstić information content (AvgIpc) is 2.93. The summed E-state index contributed by atoms with van der Waals surface area (Å²) >= 11 is 0. The van der Waals surface area contributed by atoms with Crippen LogP contribution >= 0.6 is 0 Å². The van der Waals surface area contributed by atoms with Crippen LogP contribution < -0.4 is 20.7 Å². The molecule has 2 bridgehead atoms. The lowest BCUT2D eigenvalue weighted by atomic mass is 9.94. The Bertz CT molecular complexity index is 1170. The van der Waals surface area contributed by atoms with Crippen molar-refractivity contribution in [3.63, 3.8) is 0 Å². The van der Waals surface area contributed by atoms with Gasteiger partial charge in [-0.1, -0.05) is 76.6 Å². The van der Waals surface area contributed by atoms with Gasteiger partial charge in [-0.2, -0.15) is 0 Å². The third kappa shape index (κ3) is 7.69. The van der Waals surface area contributed by atoms with Gasteiger partial charge in [-0.05, 0) is 50.0 Å². The number of Topliss-reactive ketones (excluding diaryl/α,β-unsaturated/α-hetero) is 1. The van der Waals surface area contributed by atoms with Gasteiger partial charge in [-0.25, -0.2) is 0 Å². The van der Waals surface area contributed by atoms with Gasteiger partial charge in [-0.3, -0.25) is 24.1 Å². The zero-order valence-corrected chi connectivity index (χ0v) is 24.3. The number of likely N-dealkylation sites (N-methyl/N-ethyl adjacent to an activating group) is 1. The van der Waals surface area contributed by atoms with Gasteiger partial charge in [0, 0.05) is 12.1 Å². The Hall–Kier alpha value is -3.72. The molecule has 3 amide bonds. The number of ketones is 1. The molecular formula is C31H42N4O5. The van der Waals surface area contributed by atoms with Crippen molar-refractivity contribution in [1.29, 1.82) is 0 Å². The maximum atomic E-state index is 14.0. The van der Waals surface area contributed by atoms with Gasteiger partial charge in [0.15, 0.2) is 11.8 Å². The van der Waals surface area contributed by atoms with Crippen LogP contribution in [0.1, 0.15) is 50.0 Å². The molecule has 4 rings (SSSR count). The fourth-order valence-electron chi connectivity index (χ4n) is 4.92. The number of rotatable bonds is 8. The van der Waals surface area contributed by atoms with Gasteiger partial charge < -0.3 is 20.7 Å². The second-order valence-corrected chi connectivity index (χ2v) is 11.0. The molecule has 2 aliphatic heterocycles. The van der Waals surface area contributed by atoms with E-state index in [0.717, 1.165) is 12.0 Å². The van der Waals surface area contributed by atoms with Crippen molar-refractivity contribution in [2.75, 3.05) is 20.6 Å². The molecule has 0 aliphatic carbocycles. The highest BCUT2D eigenvalue weighted by atomic mass is 16.5. The summed E-state index contributed by atoms with van der Waals surface area (Å²) in [5.74, 6) is -1.80.